The lowest BCUT2D eigenvalue weighted by atomic mass is 9.93. The highest BCUT2D eigenvalue weighted by Crippen LogP contribution is 2.28. The highest BCUT2D eigenvalue weighted by molar-refractivity contribution is 7.14. The number of hydrogen-bond acceptors (Lipinski definition) is 10. The zero-order chi connectivity index (χ0) is 27.1. The lowest BCUT2D eigenvalue weighted by molar-refractivity contribution is -0.121. The summed E-state index contributed by atoms with van der Waals surface area (Å²) in [5.41, 5.74) is 0.901. The maximum absolute atomic E-state index is 12.2. The first-order valence-corrected chi connectivity index (χ1v) is 13.0. The van der Waals surface area contributed by atoms with Crippen LogP contribution in [0.15, 0.2) is 61.9 Å². The van der Waals surface area contributed by atoms with Crippen molar-refractivity contribution in [3.05, 3.63) is 53.0 Å². The predicted octanol–water partition coefficient (Wildman–Crippen LogP) is 4.12. The van der Waals surface area contributed by atoms with Crippen LogP contribution in [0, 0.1) is 5.92 Å². The van der Waals surface area contributed by atoms with Crippen molar-refractivity contribution in [1.29, 1.82) is 0 Å². The van der Waals surface area contributed by atoms with E-state index in [0.717, 1.165) is 5.57 Å². The van der Waals surface area contributed by atoms with Crippen LogP contribution in [0.4, 0.5) is 9.80 Å². The fourth-order valence-corrected chi connectivity index (χ4v) is 4.33. The van der Waals surface area contributed by atoms with Gasteiger partial charge in [-0.1, -0.05) is 29.5 Å². The molecule has 0 saturated heterocycles. The molecular weight excluding hydrogens is 510 g/mol. The summed E-state index contributed by atoms with van der Waals surface area (Å²) in [4.78, 5) is 40.3. The van der Waals surface area contributed by atoms with Crippen LogP contribution in [-0.2, 0) is 20.7 Å². The molecule has 2 aromatic rings. The molecule has 200 valence electrons. The molecule has 1 aliphatic carbocycles. The zero-order valence-electron chi connectivity index (χ0n) is 21.3. The number of allylic oxidation sites excluding steroid dienone is 3. The predicted molar refractivity (Wildman–Crippen MR) is 140 cm³/mol. The molecule has 3 N–H and O–H groups in total. The van der Waals surface area contributed by atoms with Gasteiger partial charge < -0.3 is 19.9 Å². The fraction of sp³-hybridized carbons (Fsp3) is 0.400. The summed E-state index contributed by atoms with van der Waals surface area (Å²) in [5.74, 6) is 0.506. The third-order valence-electron chi connectivity index (χ3n) is 5.30. The molecule has 38 heavy (non-hydrogen) atoms. The Hall–Kier alpha value is -4.13. The topological polar surface area (TPSA) is 160 Å². The van der Waals surface area contributed by atoms with Crippen molar-refractivity contribution in [3.63, 3.8) is 0 Å². The maximum atomic E-state index is 12.2. The minimum absolute atomic E-state index is 0.130. The number of nitrogens with zero attached hydrogens (tertiary/aromatic N) is 4. The second-order valence-electron chi connectivity index (χ2n) is 9.53. The van der Waals surface area contributed by atoms with E-state index in [4.69, 9.17) is 9.26 Å². The van der Waals surface area contributed by atoms with Gasteiger partial charge in [-0.05, 0) is 33.3 Å². The number of aryl methyl sites for hydroxylation is 1. The quantitative estimate of drug-likeness (QED) is 0.380. The standard InChI is InChI=1S/C25H29N7O5S/c1-25(2,3)36-24(35)29-20-13-15(14-38-20)21-28-19(37-32-21)10-9-18(33)26-11-6-12-27-22-16-7-4-5-8-17(16)23(34)31-30-22/h4-5,7-8,13-14,17,27H,6,9-12H2,1-3H3,(H,26,33)(H,29,35). The van der Waals surface area contributed by atoms with Crippen LogP contribution in [0.1, 0.15) is 39.5 Å². The Morgan fingerprint density at radius 3 is 2.84 bits per heavy atom. The molecule has 2 aromatic heterocycles. The Bertz CT molecular complexity index is 1320. The summed E-state index contributed by atoms with van der Waals surface area (Å²) in [6, 6.07) is 1.73. The summed E-state index contributed by atoms with van der Waals surface area (Å²) in [6.45, 7) is 6.41. The maximum Gasteiger partial charge on any atom is 0.412 e. The normalized spacial score (nSPS) is 16.4. The summed E-state index contributed by atoms with van der Waals surface area (Å²) in [5, 5.41) is 22.7. The van der Waals surface area contributed by atoms with Crippen LogP contribution in [0.25, 0.3) is 11.4 Å². The van der Waals surface area contributed by atoms with Crippen LogP contribution >= 0.6 is 11.3 Å². The Kier molecular flexibility index (Phi) is 8.46. The highest BCUT2D eigenvalue weighted by Gasteiger charge is 2.27. The van der Waals surface area contributed by atoms with Crippen LogP contribution in [-0.4, -0.2) is 46.7 Å². The number of amides is 3. The monoisotopic (exact) mass is 539 g/mol. The Morgan fingerprint density at radius 2 is 2.03 bits per heavy atom. The van der Waals surface area contributed by atoms with E-state index in [0.29, 0.717) is 54.0 Å². The smallest absolute Gasteiger partial charge is 0.412 e. The SMILES string of the molecule is CC(C)(C)OC(=O)Nc1cc(-c2noc(CCC(=O)NCCCNC3=C4C=CC=CC4C(=O)N=N3)n2)cs1. The average Bonchev–Trinajstić information content (AvgIpc) is 3.52. The molecule has 0 aromatic carbocycles. The number of aromatic nitrogens is 2. The third-order valence-corrected chi connectivity index (χ3v) is 6.14. The largest absolute Gasteiger partial charge is 0.444 e. The van der Waals surface area contributed by atoms with E-state index in [9.17, 15) is 14.4 Å². The minimum atomic E-state index is -0.590. The van der Waals surface area contributed by atoms with Gasteiger partial charge in [0, 0.05) is 42.4 Å². The Morgan fingerprint density at radius 1 is 1.18 bits per heavy atom. The van der Waals surface area contributed by atoms with Crippen LogP contribution < -0.4 is 16.0 Å². The number of nitrogens with one attached hydrogen (secondary N) is 3. The Labute approximate surface area is 223 Å². The first kappa shape index (κ1) is 26.9. The molecule has 3 amide bonds. The summed E-state index contributed by atoms with van der Waals surface area (Å²) < 4.78 is 10.5. The number of rotatable bonds is 10. The zero-order valence-corrected chi connectivity index (χ0v) is 22.1. The highest BCUT2D eigenvalue weighted by atomic mass is 32.1. The number of carbonyl (C=O) groups excluding carboxylic acids is 3. The van der Waals surface area contributed by atoms with Crippen LogP contribution in [0.2, 0.25) is 0 Å². The number of thiophene rings is 1. The van der Waals surface area contributed by atoms with Crippen molar-refractivity contribution in [2.45, 2.75) is 45.6 Å². The molecule has 4 rings (SSSR count). The van der Waals surface area contributed by atoms with E-state index in [1.807, 2.05) is 18.2 Å². The van der Waals surface area contributed by atoms with Crippen LogP contribution in [0.3, 0.4) is 0 Å². The molecule has 1 atom stereocenters. The van der Waals surface area contributed by atoms with Gasteiger partial charge in [0.1, 0.15) is 5.60 Å². The van der Waals surface area contributed by atoms with Crippen molar-refractivity contribution >= 4 is 34.2 Å². The number of hydrogen-bond donors (Lipinski definition) is 3. The molecule has 0 bridgehead atoms. The van der Waals surface area contributed by atoms with Crippen molar-refractivity contribution in [1.82, 2.24) is 20.8 Å². The number of azo groups is 1. The van der Waals surface area contributed by atoms with Gasteiger partial charge >= 0.3 is 6.09 Å². The molecule has 0 fully saturated rings. The first-order valence-electron chi connectivity index (χ1n) is 12.1. The van der Waals surface area contributed by atoms with E-state index in [1.54, 1.807) is 38.3 Å². The molecule has 2 aliphatic rings. The molecule has 0 saturated carbocycles. The lowest BCUT2D eigenvalue weighted by Gasteiger charge is -2.20. The average molecular weight is 540 g/mol. The second-order valence-corrected chi connectivity index (χ2v) is 10.4. The van der Waals surface area contributed by atoms with Crippen LogP contribution in [0.5, 0.6) is 0 Å². The summed E-state index contributed by atoms with van der Waals surface area (Å²) >= 11 is 1.32. The van der Waals surface area contributed by atoms with Gasteiger partial charge in [-0.25, -0.2) is 4.79 Å². The van der Waals surface area contributed by atoms with Crippen molar-refractivity contribution in [2.75, 3.05) is 18.4 Å². The Balaban J connectivity index is 1.16. The second kappa shape index (κ2) is 11.9. The molecule has 12 nitrogen and oxygen atoms in total. The lowest BCUT2D eigenvalue weighted by Crippen LogP contribution is -2.28. The van der Waals surface area contributed by atoms with E-state index in [2.05, 4.69) is 36.3 Å². The van der Waals surface area contributed by atoms with Gasteiger partial charge in [-0.2, -0.15) is 4.98 Å². The first-order chi connectivity index (χ1) is 18.2. The molecule has 0 spiro atoms. The number of ether oxygens (including phenoxy) is 1. The number of anilines is 1. The fourth-order valence-electron chi connectivity index (χ4n) is 3.57. The van der Waals surface area contributed by atoms with Gasteiger partial charge in [0.05, 0.1) is 10.9 Å². The van der Waals surface area contributed by atoms with E-state index in [1.165, 1.54) is 11.3 Å². The van der Waals surface area contributed by atoms with Crippen molar-refractivity contribution in [3.8, 4) is 11.4 Å². The number of fused-ring (bicyclic) bond motifs is 1. The molecule has 3 heterocycles. The minimum Gasteiger partial charge on any atom is -0.444 e. The number of carbonyl (C=O) groups is 3. The van der Waals surface area contributed by atoms with Gasteiger partial charge in [0.25, 0.3) is 5.91 Å². The van der Waals surface area contributed by atoms with Gasteiger partial charge in [0.15, 0.2) is 5.82 Å². The van der Waals surface area contributed by atoms with Gasteiger partial charge in [-0.15, -0.1) is 21.6 Å². The van der Waals surface area contributed by atoms with Gasteiger partial charge in [-0.3, -0.25) is 14.9 Å². The molecule has 13 heteroatoms. The van der Waals surface area contributed by atoms with Crippen molar-refractivity contribution < 1.29 is 23.6 Å². The summed E-state index contributed by atoms with van der Waals surface area (Å²) in [7, 11) is 0. The molecule has 1 aliphatic heterocycles. The van der Waals surface area contributed by atoms with Gasteiger partial charge in [0.2, 0.25) is 17.6 Å². The molecule has 1 unspecified atom stereocenters. The van der Waals surface area contributed by atoms with E-state index < -0.39 is 11.7 Å². The van der Waals surface area contributed by atoms with E-state index in [-0.39, 0.29) is 24.2 Å². The van der Waals surface area contributed by atoms with Crippen molar-refractivity contribution in [2.24, 2.45) is 16.1 Å². The third kappa shape index (κ3) is 7.44. The molecule has 0 radical (unpaired) electrons. The molecular formula is C25H29N7O5S. The van der Waals surface area contributed by atoms with E-state index >= 15 is 0 Å². The summed E-state index contributed by atoms with van der Waals surface area (Å²) in [6.07, 6.45) is 7.96.